The summed E-state index contributed by atoms with van der Waals surface area (Å²) in [5, 5.41) is 16.6. The van der Waals surface area contributed by atoms with E-state index in [0.717, 1.165) is 5.69 Å². The molecule has 0 radical (unpaired) electrons. The average molecular weight is 371 g/mol. The first-order chi connectivity index (χ1) is 12.8. The van der Waals surface area contributed by atoms with E-state index >= 15 is 0 Å². The van der Waals surface area contributed by atoms with Crippen molar-refractivity contribution >= 4 is 17.8 Å². The third kappa shape index (κ3) is 4.27. The van der Waals surface area contributed by atoms with E-state index in [4.69, 9.17) is 5.11 Å². The number of urea groups is 1. The number of amides is 2. The summed E-state index contributed by atoms with van der Waals surface area (Å²) in [6, 6.07) is 7.12. The minimum absolute atomic E-state index is 0.181. The molecule has 0 bridgehead atoms. The summed E-state index contributed by atoms with van der Waals surface area (Å²) in [4.78, 5) is 29.7. The average Bonchev–Trinajstić information content (AvgIpc) is 3.06. The van der Waals surface area contributed by atoms with Gasteiger partial charge in [-0.05, 0) is 25.0 Å². The van der Waals surface area contributed by atoms with E-state index in [1.165, 1.54) is 0 Å². The van der Waals surface area contributed by atoms with Gasteiger partial charge in [-0.2, -0.15) is 9.78 Å². The molecule has 8 nitrogen and oxygen atoms in total. The van der Waals surface area contributed by atoms with Gasteiger partial charge in [0.25, 0.3) is 0 Å². The zero-order valence-corrected chi connectivity index (χ0v) is 15.8. The molecule has 2 aromatic rings. The number of carboxylic acids is 1. The van der Waals surface area contributed by atoms with Crippen molar-refractivity contribution in [2.75, 3.05) is 18.4 Å². The smallest absolute Gasteiger partial charge is 0.323 e. The molecule has 27 heavy (non-hydrogen) atoms. The molecule has 0 unspecified atom stereocenters. The van der Waals surface area contributed by atoms with Crippen LogP contribution in [0.4, 0.5) is 10.6 Å². The molecule has 0 aromatic carbocycles. The summed E-state index contributed by atoms with van der Waals surface area (Å²) in [6.45, 7) is 7.01. The Bertz CT molecular complexity index is 818. The molecule has 1 saturated heterocycles. The normalized spacial score (nSPS) is 15.6. The van der Waals surface area contributed by atoms with Crippen LogP contribution in [-0.2, 0) is 10.2 Å². The second-order valence-electron chi connectivity index (χ2n) is 7.79. The van der Waals surface area contributed by atoms with Crippen molar-refractivity contribution in [3.05, 3.63) is 36.2 Å². The van der Waals surface area contributed by atoms with Gasteiger partial charge in [0.05, 0.1) is 11.6 Å². The number of rotatable bonds is 3. The Morgan fingerprint density at radius 2 is 1.93 bits per heavy atom. The minimum Gasteiger partial charge on any atom is -0.481 e. The van der Waals surface area contributed by atoms with E-state index in [-0.39, 0.29) is 17.4 Å². The number of aromatic nitrogens is 3. The van der Waals surface area contributed by atoms with E-state index in [9.17, 15) is 9.59 Å². The zero-order valence-electron chi connectivity index (χ0n) is 15.8. The molecule has 0 spiro atoms. The fourth-order valence-corrected chi connectivity index (χ4v) is 3.01. The number of carbonyl (C=O) groups is 2. The summed E-state index contributed by atoms with van der Waals surface area (Å²) in [7, 11) is 0. The number of carbonyl (C=O) groups excluding carboxylic acids is 1. The molecule has 1 aliphatic heterocycles. The number of pyridine rings is 1. The fourth-order valence-electron chi connectivity index (χ4n) is 3.01. The van der Waals surface area contributed by atoms with Crippen LogP contribution in [0.25, 0.3) is 5.82 Å². The number of hydrogen-bond donors (Lipinski definition) is 2. The Kier molecular flexibility index (Phi) is 5.16. The van der Waals surface area contributed by atoms with Crippen LogP contribution in [0.15, 0.2) is 30.5 Å². The quantitative estimate of drug-likeness (QED) is 0.864. The minimum atomic E-state index is -0.793. The van der Waals surface area contributed by atoms with Crippen LogP contribution < -0.4 is 5.32 Å². The second kappa shape index (κ2) is 7.38. The number of nitrogens with zero attached hydrogens (tertiary/aromatic N) is 4. The lowest BCUT2D eigenvalue weighted by Gasteiger charge is -2.30. The van der Waals surface area contributed by atoms with Crippen molar-refractivity contribution in [1.29, 1.82) is 0 Å². The highest BCUT2D eigenvalue weighted by atomic mass is 16.4. The summed E-state index contributed by atoms with van der Waals surface area (Å²) < 4.78 is 1.63. The van der Waals surface area contributed by atoms with Gasteiger partial charge in [0.2, 0.25) is 0 Å². The predicted octanol–water partition coefficient (Wildman–Crippen LogP) is 2.89. The maximum atomic E-state index is 12.7. The standard InChI is InChI=1S/C19H25N5O3/c1-19(2,3)14-12-16(24(22-14)15-6-4-5-9-20-15)21-18(27)23-10-7-13(8-11-23)17(25)26/h4-6,9,12-13H,7-8,10-11H2,1-3H3,(H,21,27)(H,25,26). The first kappa shape index (κ1) is 18.9. The first-order valence-corrected chi connectivity index (χ1v) is 9.06. The van der Waals surface area contributed by atoms with Gasteiger partial charge in [0.15, 0.2) is 5.82 Å². The van der Waals surface area contributed by atoms with E-state index < -0.39 is 5.97 Å². The van der Waals surface area contributed by atoms with Crippen LogP contribution in [0, 0.1) is 5.92 Å². The molecule has 144 valence electrons. The van der Waals surface area contributed by atoms with Gasteiger partial charge in [-0.25, -0.2) is 9.78 Å². The van der Waals surface area contributed by atoms with E-state index in [1.807, 2.05) is 24.3 Å². The van der Waals surface area contributed by atoms with Gasteiger partial charge in [0.1, 0.15) is 5.82 Å². The van der Waals surface area contributed by atoms with E-state index in [1.54, 1.807) is 15.8 Å². The summed E-state index contributed by atoms with van der Waals surface area (Å²) in [5.74, 6) is -0.00411. The molecule has 1 aliphatic rings. The second-order valence-corrected chi connectivity index (χ2v) is 7.79. The highest BCUT2D eigenvalue weighted by Gasteiger charge is 2.28. The van der Waals surface area contributed by atoms with Gasteiger partial charge >= 0.3 is 12.0 Å². The van der Waals surface area contributed by atoms with E-state index in [2.05, 4.69) is 36.2 Å². The van der Waals surface area contributed by atoms with Crippen LogP contribution in [0.3, 0.4) is 0 Å². The Morgan fingerprint density at radius 1 is 1.22 bits per heavy atom. The fraction of sp³-hybridized carbons (Fsp3) is 0.474. The number of likely N-dealkylation sites (tertiary alicyclic amines) is 1. The Balaban J connectivity index is 1.80. The highest BCUT2D eigenvalue weighted by Crippen LogP contribution is 2.26. The van der Waals surface area contributed by atoms with Gasteiger partial charge in [-0.15, -0.1) is 0 Å². The van der Waals surface area contributed by atoms with Crippen molar-refractivity contribution in [3.63, 3.8) is 0 Å². The first-order valence-electron chi connectivity index (χ1n) is 9.06. The molecular weight excluding hydrogens is 346 g/mol. The maximum Gasteiger partial charge on any atom is 0.323 e. The number of piperidine rings is 1. The molecule has 0 saturated carbocycles. The molecule has 2 amide bonds. The number of carboxylic acid groups (broad SMARTS) is 1. The zero-order chi connectivity index (χ0) is 19.6. The van der Waals surface area contributed by atoms with Crippen molar-refractivity contribution in [1.82, 2.24) is 19.7 Å². The molecule has 0 atom stereocenters. The molecule has 0 aliphatic carbocycles. The maximum absolute atomic E-state index is 12.7. The SMILES string of the molecule is CC(C)(C)c1cc(NC(=O)N2CCC(C(=O)O)CC2)n(-c2ccccn2)n1. The van der Waals surface area contributed by atoms with Gasteiger partial charge < -0.3 is 10.0 Å². The van der Waals surface area contributed by atoms with Crippen LogP contribution in [-0.4, -0.2) is 49.9 Å². The molecule has 2 N–H and O–H groups in total. The molecular formula is C19H25N5O3. The topological polar surface area (TPSA) is 100 Å². The molecule has 1 fully saturated rings. The van der Waals surface area contributed by atoms with Crippen LogP contribution in [0.2, 0.25) is 0 Å². The summed E-state index contributed by atoms with van der Waals surface area (Å²) in [6.07, 6.45) is 2.61. The Hall–Kier alpha value is -2.90. The van der Waals surface area contributed by atoms with E-state index in [0.29, 0.717) is 37.6 Å². The van der Waals surface area contributed by atoms with Crippen LogP contribution >= 0.6 is 0 Å². The molecule has 8 heteroatoms. The lowest BCUT2D eigenvalue weighted by molar-refractivity contribution is -0.143. The number of aliphatic carboxylic acids is 1. The number of anilines is 1. The van der Waals surface area contributed by atoms with Crippen molar-refractivity contribution in [3.8, 4) is 5.82 Å². The molecule has 3 heterocycles. The van der Waals surface area contributed by atoms with Crippen molar-refractivity contribution in [2.45, 2.75) is 39.0 Å². The third-order valence-electron chi connectivity index (χ3n) is 4.71. The summed E-state index contributed by atoms with van der Waals surface area (Å²) in [5.41, 5.74) is 0.660. The number of nitrogens with one attached hydrogen (secondary N) is 1. The largest absolute Gasteiger partial charge is 0.481 e. The molecule has 3 rings (SSSR count). The third-order valence-corrected chi connectivity index (χ3v) is 4.71. The van der Waals surface area contributed by atoms with Crippen LogP contribution in [0.5, 0.6) is 0 Å². The molecule has 2 aromatic heterocycles. The van der Waals surface area contributed by atoms with Crippen LogP contribution in [0.1, 0.15) is 39.3 Å². The van der Waals surface area contributed by atoms with Crippen molar-refractivity contribution < 1.29 is 14.7 Å². The Labute approximate surface area is 158 Å². The lowest BCUT2D eigenvalue weighted by Crippen LogP contribution is -2.42. The highest BCUT2D eigenvalue weighted by molar-refractivity contribution is 5.89. The Morgan fingerprint density at radius 3 is 2.48 bits per heavy atom. The predicted molar refractivity (Wildman–Crippen MR) is 101 cm³/mol. The summed E-state index contributed by atoms with van der Waals surface area (Å²) >= 11 is 0. The van der Waals surface area contributed by atoms with Gasteiger partial charge in [-0.3, -0.25) is 10.1 Å². The monoisotopic (exact) mass is 371 g/mol. The van der Waals surface area contributed by atoms with Gasteiger partial charge in [0, 0.05) is 30.8 Å². The van der Waals surface area contributed by atoms with Crippen molar-refractivity contribution in [2.24, 2.45) is 5.92 Å². The van der Waals surface area contributed by atoms with Gasteiger partial charge in [-0.1, -0.05) is 26.8 Å². The number of hydrogen-bond acceptors (Lipinski definition) is 4. The lowest BCUT2D eigenvalue weighted by atomic mass is 9.92.